The number of halogens is 1. The van der Waals surface area contributed by atoms with Crippen molar-refractivity contribution >= 4 is 21.8 Å². The number of hydrogen-bond donors (Lipinski definition) is 1. The van der Waals surface area contributed by atoms with Crippen molar-refractivity contribution in [2.45, 2.75) is 13.5 Å². The second-order valence-electron chi connectivity index (χ2n) is 5.79. The quantitative estimate of drug-likeness (QED) is 0.620. The van der Waals surface area contributed by atoms with E-state index in [0.29, 0.717) is 34.3 Å². The van der Waals surface area contributed by atoms with Gasteiger partial charge in [0.1, 0.15) is 11.6 Å². The van der Waals surface area contributed by atoms with Gasteiger partial charge in [0.25, 0.3) is 5.56 Å². The topological polar surface area (TPSA) is 59.9 Å². The van der Waals surface area contributed by atoms with Crippen LogP contribution in [0.25, 0.3) is 32.9 Å². The Bertz CT molecular complexity index is 1160. The van der Waals surface area contributed by atoms with Gasteiger partial charge in [-0.25, -0.2) is 4.39 Å². The Labute approximate surface area is 142 Å². The Hall–Kier alpha value is -3.15. The summed E-state index contributed by atoms with van der Waals surface area (Å²) in [7, 11) is 1.54. The van der Waals surface area contributed by atoms with Gasteiger partial charge >= 0.3 is 0 Å². The minimum Gasteiger partial charge on any atom is -0.497 e. The van der Waals surface area contributed by atoms with E-state index in [0.717, 1.165) is 10.9 Å². The lowest BCUT2D eigenvalue weighted by Crippen LogP contribution is -2.19. The fourth-order valence-corrected chi connectivity index (χ4v) is 3.21. The first-order valence-corrected chi connectivity index (χ1v) is 7.97. The number of fused-ring (bicyclic) bond motifs is 3. The molecular formula is C19H16FN3O2. The molecule has 1 N–H and O–H groups in total. The summed E-state index contributed by atoms with van der Waals surface area (Å²) in [5.41, 5.74) is 2.44. The van der Waals surface area contributed by atoms with Gasteiger partial charge in [0.2, 0.25) is 0 Å². The zero-order valence-electron chi connectivity index (χ0n) is 13.8. The fourth-order valence-electron chi connectivity index (χ4n) is 3.21. The van der Waals surface area contributed by atoms with Gasteiger partial charge in [0, 0.05) is 17.5 Å². The summed E-state index contributed by atoms with van der Waals surface area (Å²) < 4.78 is 21.2. The van der Waals surface area contributed by atoms with Crippen molar-refractivity contribution in [3.8, 4) is 16.9 Å². The molecule has 126 valence electrons. The van der Waals surface area contributed by atoms with Crippen LogP contribution in [0.4, 0.5) is 4.39 Å². The molecule has 0 radical (unpaired) electrons. The van der Waals surface area contributed by atoms with Gasteiger partial charge in [0.15, 0.2) is 0 Å². The largest absolute Gasteiger partial charge is 0.497 e. The predicted molar refractivity (Wildman–Crippen MR) is 95.5 cm³/mol. The van der Waals surface area contributed by atoms with Crippen molar-refractivity contribution in [3.63, 3.8) is 0 Å². The van der Waals surface area contributed by atoms with E-state index >= 15 is 0 Å². The van der Waals surface area contributed by atoms with Gasteiger partial charge < -0.3 is 9.30 Å². The molecule has 0 bridgehead atoms. The van der Waals surface area contributed by atoms with E-state index in [4.69, 9.17) is 4.74 Å². The van der Waals surface area contributed by atoms with E-state index in [-0.39, 0.29) is 11.4 Å². The van der Waals surface area contributed by atoms with E-state index < -0.39 is 0 Å². The van der Waals surface area contributed by atoms with Crippen molar-refractivity contribution < 1.29 is 9.13 Å². The first kappa shape index (κ1) is 15.4. The lowest BCUT2D eigenvalue weighted by atomic mass is 10.0. The van der Waals surface area contributed by atoms with Crippen molar-refractivity contribution in [1.82, 2.24) is 14.8 Å². The van der Waals surface area contributed by atoms with Crippen LogP contribution >= 0.6 is 0 Å². The molecule has 0 aliphatic heterocycles. The van der Waals surface area contributed by atoms with E-state index in [1.165, 1.54) is 6.07 Å². The highest BCUT2D eigenvalue weighted by Gasteiger charge is 2.14. The summed E-state index contributed by atoms with van der Waals surface area (Å²) >= 11 is 0. The molecule has 6 heteroatoms. The molecule has 25 heavy (non-hydrogen) atoms. The van der Waals surface area contributed by atoms with Gasteiger partial charge in [-0.2, -0.15) is 5.10 Å². The standard InChI is InChI=1S/C19H16FN3O2/c1-3-23-17-8-11(14-9-12(25-2)5-7-16(14)20)4-6-13(17)18-15(19(23)24)10-21-22-18/h4-10H,3H2,1-2H3,(H,21,22). The van der Waals surface area contributed by atoms with Crippen LogP contribution in [0.1, 0.15) is 6.92 Å². The Balaban J connectivity index is 2.06. The van der Waals surface area contributed by atoms with Crippen molar-refractivity contribution in [2.24, 2.45) is 0 Å². The van der Waals surface area contributed by atoms with Crippen LogP contribution in [0, 0.1) is 5.82 Å². The maximum atomic E-state index is 14.3. The van der Waals surface area contributed by atoms with Crippen LogP contribution < -0.4 is 10.3 Å². The molecule has 5 nitrogen and oxygen atoms in total. The second-order valence-corrected chi connectivity index (χ2v) is 5.79. The number of aromatic amines is 1. The summed E-state index contributed by atoms with van der Waals surface area (Å²) in [6.45, 7) is 2.42. The number of nitrogens with zero attached hydrogens (tertiary/aromatic N) is 2. The van der Waals surface area contributed by atoms with E-state index in [2.05, 4.69) is 10.2 Å². The maximum absolute atomic E-state index is 14.3. The van der Waals surface area contributed by atoms with Crippen molar-refractivity contribution in [2.75, 3.05) is 7.11 Å². The molecule has 2 aromatic heterocycles. The first-order valence-electron chi connectivity index (χ1n) is 7.97. The van der Waals surface area contributed by atoms with Crippen LogP contribution in [0.5, 0.6) is 5.75 Å². The average Bonchev–Trinajstić information content (AvgIpc) is 3.12. The highest BCUT2D eigenvalue weighted by atomic mass is 19.1. The zero-order chi connectivity index (χ0) is 17.6. The number of aryl methyl sites for hydroxylation is 1. The summed E-state index contributed by atoms with van der Waals surface area (Å²) in [4.78, 5) is 12.7. The van der Waals surface area contributed by atoms with Crippen molar-refractivity contribution in [1.29, 1.82) is 0 Å². The average molecular weight is 337 g/mol. The Morgan fingerprint density at radius 2 is 2.04 bits per heavy atom. The molecule has 4 rings (SSSR count). The third-order valence-corrected chi connectivity index (χ3v) is 4.47. The number of rotatable bonds is 3. The summed E-state index contributed by atoms with van der Waals surface area (Å²) in [5.74, 6) is 0.238. The van der Waals surface area contributed by atoms with Crippen LogP contribution in [-0.4, -0.2) is 21.9 Å². The van der Waals surface area contributed by atoms with Gasteiger partial charge in [-0.1, -0.05) is 12.1 Å². The Morgan fingerprint density at radius 1 is 1.20 bits per heavy atom. The number of benzene rings is 2. The molecule has 0 unspecified atom stereocenters. The molecule has 0 aliphatic rings. The first-order chi connectivity index (χ1) is 12.1. The molecule has 0 spiro atoms. The second kappa shape index (κ2) is 5.73. The van der Waals surface area contributed by atoms with E-state index in [9.17, 15) is 9.18 Å². The zero-order valence-corrected chi connectivity index (χ0v) is 13.8. The third-order valence-electron chi connectivity index (χ3n) is 4.47. The molecule has 2 heterocycles. The maximum Gasteiger partial charge on any atom is 0.262 e. The highest BCUT2D eigenvalue weighted by Crippen LogP contribution is 2.31. The molecule has 0 atom stereocenters. The number of hydrogen-bond acceptors (Lipinski definition) is 3. The molecule has 0 saturated carbocycles. The summed E-state index contributed by atoms with van der Waals surface area (Å²) in [5, 5.41) is 8.30. The smallest absolute Gasteiger partial charge is 0.262 e. The highest BCUT2D eigenvalue weighted by molar-refractivity contribution is 6.04. The minimum atomic E-state index is -0.340. The lowest BCUT2D eigenvalue weighted by Gasteiger charge is -2.12. The number of aromatic nitrogens is 3. The molecular weight excluding hydrogens is 321 g/mol. The van der Waals surface area contributed by atoms with Gasteiger partial charge in [-0.15, -0.1) is 0 Å². The summed E-state index contributed by atoms with van der Waals surface area (Å²) in [6.07, 6.45) is 1.54. The fraction of sp³-hybridized carbons (Fsp3) is 0.158. The van der Waals surface area contributed by atoms with Gasteiger partial charge in [0.05, 0.1) is 29.7 Å². The number of H-pyrrole nitrogens is 1. The van der Waals surface area contributed by atoms with Crippen molar-refractivity contribution in [3.05, 3.63) is 58.8 Å². The number of ether oxygens (including phenoxy) is 1. The SMILES string of the molecule is CCn1c(=O)c2cn[nH]c2c2ccc(-c3cc(OC)ccc3F)cc21. The number of pyridine rings is 1. The van der Waals surface area contributed by atoms with Crippen LogP contribution in [0.2, 0.25) is 0 Å². The van der Waals surface area contributed by atoms with E-state index in [1.807, 2.05) is 25.1 Å². The molecule has 0 saturated heterocycles. The molecule has 0 aliphatic carbocycles. The lowest BCUT2D eigenvalue weighted by molar-refractivity contribution is 0.414. The molecule has 2 aromatic carbocycles. The normalized spacial score (nSPS) is 11.3. The monoisotopic (exact) mass is 337 g/mol. The Morgan fingerprint density at radius 3 is 2.80 bits per heavy atom. The predicted octanol–water partition coefficient (Wildman–Crippen LogP) is 3.71. The van der Waals surface area contributed by atoms with E-state index in [1.54, 1.807) is 30.0 Å². The van der Waals surface area contributed by atoms with Crippen LogP contribution in [0.15, 0.2) is 47.4 Å². The number of nitrogens with one attached hydrogen (secondary N) is 1. The third kappa shape index (κ3) is 2.29. The Kier molecular flexibility index (Phi) is 3.53. The summed E-state index contributed by atoms with van der Waals surface area (Å²) in [6, 6.07) is 10.2. The van der Waals surface area contributed by atoms with Gasteiger partial charge in [-0.3, -0.25) is 9.89 Å². The van der Waals surface area contributed by atoms with Crippen LogP contribution in [0.3, 0.4) is 0 Å². The molecule has 4 aromatic rings. The molecule has 0 fully saturated rings. The van der Waals surface area contributed by atoms with Crippen LogP contribution in [-0.2, 0) is 6.54 Å². The minimum absolute atomic E-state index is 0.109. The van der Waals surface area contributed by atoms with Gasteiger partial charge in [-0.05, 0) is 36.8 Å². The molecule has 0 amide bonds. The number of methoxy groups -OCH3 is 1.